The molecule has 206 valence electrons. The number of halogens is 1. The topological polar surface area (TPSA) is 121 Å². The minimum absolute atomic E-state index is 0.115. The van der Waals surface area contributed by atoms with Crippen LogP contribution in [0.3, 0.4) is 0 Å². The van der Waals surface area contributed by atoms with Gasteiger partial charge in [-0.3, -0.25) is 9.59 Å². The van der Waals surface area contributed by atoms with E-state index in [0.717, 1.165) is 43.1 Å². The third kappa shape index (κ3) is 6.37. The molecule has 0 unspecified atom stereocenters. The Morgan fingerprint density at radius 1 is 1.15 bits per heavy atom. The highest BCUT2D eigenvalue weighted by Gasteiger charge is 2.48. The number of nitriles is 1. The van der Waals surface area contributed by atoms with Gasteiger partial charge >= 0.3 is 6.03 Å². The Balaban J connectivity index is 1.58. The Morgan fingerprint density at radius 3 is 2.51 bits per heavy atom. The maximum absolute atomic E-state index is 14.6. The zero-order chi connectivity index (χ0) is 27.9. The van der Waals surface area contributed by atoms with Gasteiger partial charge in [-0.1, -0.05) is 51.2 Å². The van der Waals surface area contributed by atoms with Crippen molar-refractivity contribution in [2.75, 3.05) is 25.6 Å². The maximum atomic E-state index is 14.6. The van der Waals surface area contributed by atoms with E-state index < -0.39 is 35.7 Å². The van der Waals surface area contributed by atoms with Crippen LogP contribution in [0.5, 0.6) is 5.75 Å². The number of nitrogens with zero attached hydrogens (tertiary/aromatic N) is 2. The van der Waals surface area contributed by atoms with Gasteiger partial charge in [0.15, 0.2) is 0 Å². The number of hydrogen-bond donors (Lipinski definition) is 2. The molecule has 0 radical (unpaired) electrons. The number of ether oxygens (including phenoxy) is 2. The second-order valence-corrected chi connectivity index (χ2v) is 10.00. The van der Waals surface area contributed by atoms with E-state index in [0.29, 0.717) is 24.5 Å². The van der Waals surface area contributed by atoms with Gasteiger partial charge in [-0.2, -0.15) is 5.26 Å². The predicted molar refractivity (Wildman–Crippen MR) is 141 cm³/mol. The van der Waals surface area contributed by atoms with Gasteiger partial charge in [0.2, 0.25) is 5.91 Å². The van der Waals surface area contributed by atoms with Crippen molar-refractivity contribution in [2.24, 2.45) is 11.8 Å². The summed E-state index contributed by atoms with van der Waals surface area (Å²) in [6.45, 7) is 2.68. The van der Waals surface area contributed by atoms with E-state index in [-0.39, 0.29) is 23.1 Å². The molecule has 1 saturated carbocycles. The number of nitrogens with one attached hydrogen (secondary N) is 2. The van der Waals surface area contributed by atoms with E-state index in [9.17, 15) is 18.8 Å². The second-order valence-electron chi connectivity index (χ2n) is 10.00. The number of hydrogen-bond acceptors (Lipinski definition) is 6. The van der Waals surface area contributed by atoms with Crippen LogP contribution in [0.15, 0.2) is 42.5 Å². The zero-order valence-electron chi connectivity index (χ0n) is 22.1. The van der Waals surface area contributed by atoms with Gasteiger partial charge in [0.25, 0.3) is 5.91 Å². The average Bonchev–Trinajstić information content (AvgIpc) is 3.24. The first kappa shape index (κ1) is 28.0. The summed E-state index contributed by atoms with van der Waals surface area (Å²) < 4.78 is 25.2. The molecular weight excluding hydrogens is 503 g/mol. The molecule has 0 spiro atoms. The monoisotopic (exact) mass is 536 g/mol. The first-order valence-corrected chi connectivity index (χ1v) is 13.2. The van der Waals surface area contributed by atoms with Gasteiger partial charge in [0, 0.05) is 7.11 Å². The van der Waals surface area contributed by atoms with Crippen LogP contribution >= 0.6 is 0 Å². The number of amides is 4. The number of carbonyl (C=O) groups is 3. The van der Waals surface area contributed by atoms with Gasteiger partial charge in [-0.25, -0.2) is 14.1 Å². The SMILES string of the molecule is COCCOc1ccc([C@H]2NC(=O)N([C@H](C(=O)Nc3ccc(C#N)cc3F)[C@@H](C)C3CCCCC3)C2=O)cc1. The lowest BCUT2D eigenvalue weighted by Crippen LogP contribution is -2.53. The standard InChI is InChI=1S/C29H33FN4O5/c1-18(20-6-4-3-5-7-20)26(27(35)32-24-13-8-19(17-31)16-23(24)30)34-28(36)25(33-29(34)37)21-9-11-22(12-10-21)39-15-14-38-2/h8-13,16,18,20,25-26H,3-7,14-15H2,1-2H3,(H,32,35)(H,33,37)/t18-,25+,26-/m0/s1. The van der Waals surface area contributed by atoms with E-state index in [1.165, 1.54) is 12.1 Å². The number of rotatable bonds is 10. The summed E-state index contributed by atoms with van der Waals surface area (Å²) in [5.74, 6) is -1.59. The molecule has 2 fully saturated rings. The minimum atomic E-state index is -1.14. The number of methoxy groups -OCH3 is 1. The van der Waals surface area contributed by atoms with E-state index in [1.807, 2.05) is 13.0 Å². The van der Waals surface area contributed by atoms with Crippen molar-refractivity contribution < 1.29 is 28.2 Å². The van der Waals surface area contributed by atoms with E-state index in [4.69, 9.17) is 14.7 Å². The second kappa shape index (κ2) is 12.7. The summed E-state index contributed by atoms with van der Waals surface area (Å²) in [6.07, 6.45) is 4.89. The molecule has 0 bridgehead atoms. The molecule has 2 aromatic carbocycles. The lowest BCUT2D eigenvalue weighted by Gasteiger charge is -2.36. The Labute approximate surface area is 227 Å². The van der Waals surface area contributed by atoms with Gasteiger partial charge in [-0.15, -0.1) is 0 Å². The van der Waals surface area contributed by atoms with Crippen LogP contribution in [0.25, 0.3) is 0 Å². The van der Waals surface area contributed by atoms with Crippen molar-refractivity contribution in [3.05, 3.63) is 59.4 Å². The average molecular weight is 537 g/mol. The number of carbonyl (C=O) groups excluding carboxylic acids is 3. The zero-order valence-corrected chi connectivity index (χ0v) is 22.1. The van der Waals surface area contributed by atoms with Crippen molar-refractivity contribution in [1.82, 2.24) is 10.2 Å². The van der Waals surface area contributed by atoms with Gasteiger partial charge in [0.05, 0.1) is 23.9 Å². The lowest BCUT2D eigenvalue weighted by atomic mass is 9.77. The molecular formula is C29H33FN4O5. The fourth-order valence-corrected chi connectivity index (χ4v) is 5.38. The predicted octanol–water partition coefficient (Wildman–Crippen LogP) is 4.54. The van der Waals surface area contributed by atoms with Crippen LogP contribution in [0.4, 0.5) is 14.9 Å². The van der Waals surface area contributed by atoms with Crippen LogP contribution in [-0.2, 0) is 14.3 Å². The molecule has 1 aliphatic heterocycles. The summed E-state index contributed by atoms with van der Waals surface area (Å²) >= 11 is 0. The van der Waals surface area contributed by atoms with Gasteiger partial charge in [0.1, 0.15) is 30.3 Å². The number of anilines is 1. The molecule has 2 aliphatic rings. The quantitative estimate of drug-likeness (QED) is 0.340. The van der Waals surface area contributed by atoms with Gasteiger partial charge < -0.3 is 20.1 Å². The van der Waals surface area contributed by atoms with E-state index in [2.05, 4.69) is 10.6 Å². The molecule has 10 heteroatoms. The molecule has 39 heavy (non-hydrogen) atoms. The molecule has 4 amide bonds. The molecule has 1 saturated heterocycles. The summed E-state index contributed by atoms with van der Waals surface area (Å²) in [5, 5.41) is 14.3. The van der Waals surface area contributed by atoms with Crippen LogP contribution in [0.1, 0.15) is 56.2 Å². The summed E-state index contributed by atoms with van der Waals surface area (Å²) in [7, 11) is 1.58. The van der Waals surface area contributed by atoms with Crippen molar-refractivity contribution in [3.63, 3.8) is 0 Å². The molecule has 1 heterocycles. The van der Waals surface area contributed by atoms with E-state index >= 15 is 0 Å². The molecule has 0 aromatic heterocycles. The van der Waals surface area contributed by atoms with Crippen molar-refractivity contribution in [2.45, 2.75) is 51.1 Å². The molecule has 2 N–H and O–H groups in total. The van der Waals surface area contributed by atoms with E-state index in [1.54, 1.807) is 31.4 Å². The summed E-state index contributed by atoms with van der Waals surface area (Å²) in [6, 6.07) is 9.60. The minimum Gasteiger partial charge on any atom is -0.491 e. The molecule has 1 aliphatic carbocycles. The number of urea groups is 1. The number of benzene rings is 2. The Bertz CT molecular complexity index is 1240. The fraction of sp³-hybridized carbons (Fsp3) is 0.448. The third-order valence-corrected chi connectivity index (χ3v) is 7.53. The highest BCUT2D eigenvalue weighted by Crippen LogP contribution is 2.36. The lowest BCUT2D eigenvalue weighted by molar-refractivity contribution is -0.136. The van der Waals surface area contributed by atoms with Crippen molar-refractivity contribution in [3.8, 4) is 11.8 Å². The van der Waals surface area contributed by atoms with Crippen molar-refractivity contribution in [1.29, 1.82) is 5.26 Å². The molecule has 4 rings (SSSR count). The Hall–Kier alpha value is -3.97. The largest absolute Gasteiger partial charge is 0.491 e. The smallest absolute Gasteiger partial charge is 0.325 e. The maximum Gasteiger partial charge on any atom is 0.325 e. The normalized spacial score (nSPS) is 19.2. The van der Waals surface area contributed by atoms with Crippen LogP contribution < -0.4 is 15.4 Å². The third-order valence-electron chi connectivity index (χ3n) is 7.53. The Morgan fingerprint density at radius 2 is 1.87 bits per heavy atom. The molecule has 2 aromatic rings. The van der Waals surface area contributed by atoms with Crippen molar-refractivity contribution >= 4 is 23.5 Å². The Kier molecular flexibility index (Phi) is 9.15. The van der Waals surface area contributed by atoms with Gasteiger partial charge in [-0.05, 0) is 47.7 Å². The molecule has 3 atom stereocenters. The molecule has 9 nitrogen and oxygen atoms in total. The van der Waals surface area contributed by atoms with Crippen LogP contribution in [0, 0.1) is 29.0 Å². The first-order valence-electron chi connectivity index (χ1n) is 13.2. The summed E-state index contributed by atoms with van der Waals surface area (Å²) in [5.41, 5.74) is 0.551. The number of imide groups is 1. The van der Waals surface area contributed by atoms with Crippen LogP contribution in [0.2, 0.25) is 0 Å². The highest BCUT2D eigenvalue weighted by molar-refractivity contribution is 6.09. The fourth-order valence-electron chi connectivity index (χ4n) is 5.38. The first-order chi connectivity index (χ1) is 18.8. The van der Waals surface area contributed by atoms with Crippen LogP contribution in [-0.4, -0.2) is 49.1 Å². The summed E-state index contributed by atoms with van der Waals surface area (Å²) in [4.78, 5) is 41.5. The highest BCUT2D eigenvalue weighted by atomic mass is 19.1.